The molecule has 2 atom stereocenters. The van der Waals surface area contributed by atoms with Crippen molar-refractivity contribution in [3.05, 3.63) is 0 Å². The summed E-state index contributed by atoms with van der Waals surface area (Å²) >= 11 is 1.66. The SMILES string of the molecule is COCCOCC(O)CSCCC(NC(C)C)C(=O)C(C)C. The van der Waals surface area contributed by atoms with Gasteiger partial charge in [0, 0.05) is 24.8 Å². The molecule has 0 fully saturated rings. The largest absolute Gasteiger partial charge is 0.390 e. The molecule has 0 heterocycles. The first-order valence-corrected chi connectivity index (χ1v) is 9.16. The Morgan fingerprint density at radius 2 is 1.91 bits per heavy atom. The molecule has 0 radical (unpaired) electrons. The van der Waals surface area contributed by atoms with Crippen LogP contribution in [0.25, 0.3) is 0 Å². The summed E-state index contributed by atoms with van der Waals surface area (Å²) in [5.41, 5.74) is 0. The highest BCUT2D eigenvalue weighted by Crippen LogP contribution is 2.11. The Bertz CT molecular complexity index is 287. The molecule has 0 spiro atoms. The highest BCUT2D eigenvalue weighted by molar-refractivity contribution is 7.99. The minimum atomic E-state index is -0.473. The summed E-state index contributed by atoms with van der Waals surface area (Å²) in [5, 5.41) is 13.1. The Morgan fingerprint density at radius 3 is 2.45 bits per heavy atom. The highest BCUT2D eigenvalue weighted by atomic mass is 32.2. The molecular weight excluding hydrogens is 302 g/mol. The van der Waals surface area contributed by atoms with Gasteiger partial charge in [-0.15, -0.1) is 0 Å². The van der Waals surface area contributed by atoms with Gasteiger partial charge in [0.2, 0.25) is 0 Å². The van der Waals surface area contributed by atoms with Gasteiger partial charge in [0.1, 0.15) is 0 Å². The van der Waals surface area contributed by atoms with Crippen molar-refractivity contribution in [2.24, 2.45) is 5.92 Å². The van der Waals surface area contributed by atoms with E-state index in [2.05, 4.69) is 19.2 Å². The summed E-state index contributed by atoms with van der Waals surface area (Å²) in [6.45, 7) is 9.34. The molecular formula is C16H33NO4S. The minimum Gasteiger partial charge on any atom is -0.390 e. The standard InChI is InChI=1S/C16H33NO4S/c1-12(2)16(19)15(17-13(3)4)6-9-22-11-14(18)10-21-8-7-20-5/h12-15,17-18H,6-11H2,1-5H3. The topological polar surface area (TPSA) is 67.8 Å². The quantitative estimate of drug-likeness (QED) is 0.471. The van der Waals surface area contributed by atoms with Gasteiger partial charge in [-0.3, -0.25) is 4.79 Å². The van der Waals surface area contributed by atoms with Crippen molar-refractivity contribution in [2.75, 3.05) is 38.4 Å². The second-order valence-electron chi connectivity index (χ2n) is 6.02. The van der Waals surface area contributed by atoms with Gasteiger partial charge in [0.25, 0.3) is 0 Å². The van der Waals surface area contributed by atoms with E-state index in [1.165, 1.54) is 0 Å². The first-order chi connectivity index (χ1) is 10.4. The molecule has 22 heavy (non-hydrogen) atoms. The molecule has 5 nitrogen and oxygen atoms in total. The summed E-state index contributed by atoms with van der Waals surface area (Å²) in [7, 11) is 1.62. The maximum atomic E-state index is 12.2. The Kier molecular flexibility index (Phi) is 13.2. The third-order valence-electron chi connectivity index (χ3n) is 3.05. The summed E-state index contributed by atoms with van der Waals surface area (Å²) in [6, 6.07) is 0.195. The number of hydrogen-bond donors (Lipinski definition) is 2. The summed E-state index contributed by atoms with van der Waals surface area (Å²) < 4.78 is 10.2. The number of aliphatic hydroxyl groups is 1. The number of aliphatic hydroxyl groups excluding tert-OH is 1. The number of ether oxygens (including phenoxy) is 2. The van der Waals surface area contributed by atoms with Crippen LogP contribution in [0.2, 0.25) is 0 Å². The lowest BCUT2D eigenvalue weighted by atomic mass is 9.99. The van der Waals surface area contributed by atoms with E-state index in [1.54, 1.807) is 18.9 Å². The molecule has 0 bridgehead atoms. The van der Waals surface area contributed by atoms with Crippen LogP contribution >= 0.6 is 11.8 Å². The van der Waals surface area contributed by atoms with E-state index in [1.807, 2.05) is 13.8 Å². The molecule has 0 rings (SSSR count). The van der Waals surface area contributed by atoms with Gasteiger partial charge >= 0.3 is 0 Å². The second kappa shape index (κ2) is 13.3. The molecule has 6 heteroatoms. The zero-order chi connectivity index (χ0) is 17.0. The number of nitrogens with one attached hydrogen (secondary N) is 1. The number of Topliss-reactive ketones (excluding diaryl/α,β-unsaturated/α-hetero) is 1. The molecule has 2 N–H and O–H groups in total. The van der Waals surface area contributed by atoms with Crippen molar-refractivity contribution < 1.29 is 19.4 Å². The van der Waals surface area contributed by atoms with Crippen LogP contribution in [0, 0.1) is 5.92 Å². The van der Waals surface area contributed by atoms with E-state index >= 15 is 0 Å². The van der Waals surface area contributed by atoms with Crippen LogP contribution in [0.15, 0.2) is 0 Å². The monoisotopic (exact) mass is 335 g/mol. The zero-order valence-corrected chi connectivity index (χ0v) is 15.4. The number of rotatable bonds is 14. The van der Waals surface area contributed by atoms with Gasteiger partial charge in [0.05, 0.1) is 32.0 Å². The minimum absolute atomic E-state index is 0.0426. The molecule has 2 unspecified atom stereocenters. The van der Waals surface area contributed by atoms with E-state index in [0.29, 0.717) is 25.6 Å². The third-order valence-corrected chi connectivity index (χ3v) is 4.19. The molecule has 0 aromatic carbocycles. The lowest BCUT2D eigenvalue weighted by Crippen LogP contribution is -2.43. The van der Waals surface area contributed by atoms with Crippen LogP contribution in [0.3, 0.4) is 0 Å². The molecule has 132 valence electrons. The van der Waals surface area contributed by atoms with Crippen molar-refractivity contribution in [2.45, 2.75) is 52.3 Å². The average molecular weight is 336 g/mol. The molecule has 0 aliphatic carbocycles. The number of carbonyl (C=O) groups is 1. The maximum absolute atomic E-state index is 12.2. The van der Waals surface area contributed by atoms with Crippen molar-refractivity contribution >= 4 is 17.5 Å². The number of carbonyl (C=O) groups excluding carboxylic acids is 1. The number of methoxy groups -OCH3 is 1. The number of hydrogen-bond acceptors (Lipinski definition) is 6. The summed E-state index contributed by atoms with van der Waals surface area (Å²) in [4.78, 5) is 12.2. The van der Waals surface area contributed by atoms with E-state index in [9.17, 15) is 9.90 Å². The van der Waals surface area contributed by atoms with Crippen molar-refractivity contribution in [3.63, 3.8) is 0 Å². The predicted octanol–water partition coefficient (Wildman–Crippen LogP) is 1.73. The van der Waals surface area contributed by atoms with Gasteiger partial charge in [-0.1, -0.05) is 27.7 Å². The van der Waals surface area contributed by atoms with Crippen molar-refractivity contribution in [3.8, 4) is 0 Å². The molecule has 0 aromatic heterocycles. The summed E-state index contributed by atoms with van der Waals surface area (Å²) in [5.74, 6) is 1.77. The molecule has 0 saturated carbocycles. The van der Waals surface area contributed by atoms with E-state index < -0.39 is 6.10 Å². The molecule has 0 saturated heterocycles. The van der Waals surface area contributed by atoms with Gasteiger partial charge in [-0.25, -0.2) is 0 Å². The zero-order valence-electron chi connectivity index (χ0n) is 14.6. The molecule has 0 amide bonds. The highest BCUT2D eigenvalue weighted by Gasteiger charge is 2.21. The van der Waals surface area contributed by atoms with Crippen LogP contribution in [0.4, 0.5) is 0 Å². The number of thioether (sulfide) groups is 1. The average Bonchev–Trinajstić information content (AvgIpc) is 2.45. The van der Waals surface area contributed by atoms with Gasteiger partial charge in [-0.2, -0.15) is 11.8 Å². The fourth-order valence-electron chi connectivity index (χ4n) is 1.94. The van der Waals surface area contributed by atoms with Crippen molar-refractivity contribution in [1.82, 2.24) is 5.32 Å². The predicted molar refractivity (Wildman–Crippen MR) is 92.5 cm³/mol. The number of ketones is 1. The van der Waals surface area contributed by atoms with Crippen molar-refractivity contribution in [1.29, 1.82) is 0 Å². The second-order valence-corrected chi connectivity index (χ2v) is 7.17. The van der Waals surface area contributed by atoms with E-state index in [4.69, 9.17) is 9.47 Å². The van der Waals surface area contributed by atoms with Gasteiger partial charge < -0.3 is 19.9 Å². The van der Waals surface area contributed by atoms with Crippen LogP contribution in [-0.4, -0.2) is 67.5 Å². The van der Waals surface area contributed by atoms with Gasteiger partial charge in [-0.05, 0) is 12.2 Å². The molecule has 0 aliphatic rings. The fourth-order valence-corrected chi connectivity index (χ4v) is 2.88. The molecule has 0 aromatic rings. The Labute approximate surface area is 139 Å². The summed E-state index contributed by atoms with van der Waals surface area (Å²) in [6.07, 6.45) is 0.316. The Morgan fingerprint density at radius 1 is 1.23 bits per heavy atom. The Hall–Kier alpha value is -0.140. The lowest BCUT2D eigenvalue weighted by molar-refractivity contribution is -0.124. The Balaban J connectivity index is 3.90. The van der Waals surface area contributed by atoms with Crippen LogP contribution in [-0.2, 0) is 14.3 Å². The maximum Gasteiger partial charge on any atom is 0.152 e. The first kappa shape index (κ1) is 21.9. The van der Waals surface area contributed by atoms with Crippen LogP contribution in [0.1, 0.15) is 34.1 Å². The normalized spacial score (nSPS) is 14.5. The van der Waals surface area contributed by atoms with E-state index in [0.717, 1.165) is 12.2 Å². The third kappa shape index (κ3) is 11.4. The van der Waals surface area contributed by atoms with Crippen LogP contribution < -0.4 is 5.32 Å². The van der Waals surface area contributed by atoms with Gasteiger partial charge in [0.15, 0.2) is 5.78 Å². The smallest absolute Gasteiger partial charge is 0.152 e. The van der Waals surface area contributed by atoms with Crippen LogP contribution in [0.5, 0.6) is 0 Å². The fraction of sp³-hybridized carbons (Fsp3) is 0.938. The lowest BCUT2D eigenvalue weighted by Gasteiger charge is -2.22. The molecule has 0 aliphatic heterocycles. The first-order valence-electron chi connectivity index (χ1n) is 8.00. The van der Waals surface area contributed by atoms with E-state index in [-0.39, 0.29) is 23.8 Å².